The van der Waals surface area contributed by atoms with Crippen LogP contribution in [0.3, 0.4) is 0 Å². The van der Waals surface area contributed by atoms with Crippen LogP contribution in [0, 0.1) is 23.0 Å². The van der Waals surface area contributed by atoms with E-state index in [-0.39, 0.29) is 5.56 Å². The second-order valence-electron chi connectivity index (χ2n) is 4.12. The number of hydrogen-bond donors (Lipinski definition) is 1. The maximum Gasteiger partial charge on any atom is 0.198 e. The molecule has 20 heavy (non-hydrogen) atoms. The summed E-state index contributed by atoms with van der Waals surface area (Å²) in [5.41, 5.74) is 0.689. The molecule has 0 unspecified atom stereocenters. The van der Waals surface area contributed by atoms with Gasteiger partial charge in [0.05, 0.1) is 11.6 Å². The molecule has 0 aliphatic heterocycles. The number of nitrogens with one attached hydrogen (secondary N) is 1. The van der Waals surface area contributed by atoms with Gasteiger partial charge < -0.3 is 10.1 Å². The Bertz CT molecular complexity index is 642. The number of halogens is 2. The lowest BCUT2D eigenvalue weighted by molar-refractivity contribution is 0.403. The normalized spacial score (nSPS) is 10.1. The van der Waals surface area contributed by atoms with Crippen LogP contribution in [0.25, 0.3) is 0 Å². The molecule has 0 saturated carbocycles. The van der Waals surface area contributed by atoms with Gasteiger partial charge in [-0.05, 0) is 25.2 Å². The summed E-state index contributed by atoms with van der Waals surface area (Å²) in [5, 5.41) is 11.6. The van der Waals surface area contributed by atoms with Crippen molar-refractivity contribution in [2.24, 2.45) is 0 Å². The van der Waals surface area contributed by atoms with Crippen molar-refractivity contribution in [3.8, 4) is 17.6 Å². The van der Waals surface area contributed by atoms with E-state index in [1.165, 1.54) is 0 Å². The summed E-state index contributed by atoms with van der Waals surface area (Å²) >= 11 is 0. The Balaban J connectivity index is 2.38. The van der Waals surface area contributed by atoms with E-state index in [4.69, 9.17) is 10.00 Å². The number of benzene rings is 2. The Morgan fingerprint density at radius 1 is 1.20 bits per heavy atom. The van der Waals surface area contributed by atoms with Gasteiger partial charge in [0.15, 0.2) is 17.4 Å². The largest absolute Gasteiger partial charge is 0.451 e. The Labute approximate surface area is 115 Å². The van der Waals surface area contributed by atoms with Crippen LogP contribution >= 0.6 is 0 Å². The van der Waals surface area contributed by atoms with Crippen molar-refractivity contribution in [2.45, 2.75) is 6.54 Å². The number of para-hydroxylation sites is 1. The van der Waals surface area contributed by atoms with Crippen molar-refractivity contribution >= 4 is 0 Å². The van der Waals surface area contributed by atoms with E-state index in [9.17, 15) is 8.78 Å². The van der Waals surface area contributed by atoms with Crippen LogP contribution in [-0.2, 0) is 6.54 Å². The SMILES string of the molecule is CNCc1ccccc1Oc1c(F)cc(C#N)cc1F. The summed E-state index contributed by atoms with van der Waals surface area (Å²) in [4.78, 5) is 0. The minimum Gasteiger partial charge on any atom is -0.451 e. The lowest BCUT2D eigenvalue weighted by Crippen LogP contribution is -2.06. The predicted octanol–water partition coefficient (Wildman–Crippen LogP) is 3.35. The van der Waals surface area contributed by atoms with Gasteiger partial charge >= 0.3 is 0 Å². The molecule has 0 amide bonds. The van der Waals surface area contributed by atoms with E-state index < -0.39 is 17.4 Å². The minimum absolute atomic E-state index is 0.0872. The van der Waals surface area contributed by atoms with Gasteiger partial charge in [-0.1, -0.05) is 18.2 Å². The molecule has 5 heteroatoms. The van der Waals surface area contributed by atoms with Gasteiger partial charge in [0, 0.05) is 12.1 Å². The van der Waals surface area contributed by atoms with Gasteiger partial charge in [-0.2, -0.15) is 5.26 Å². The van der Waals surface area contributed by atoms with E-state index in [1.54, 1.807) is 31.3 Å². The zero-order chi connectivity index (χ0) is 14.5. The van der Waals surface area contributed by atoms with Crippen molar-refractivity contribution in [1.29, 1.82) is 5.26 Å². The number of ether oxygens (including phenoxy) is 1. The molecule has 0 radical (unpaired) electrons. The highest BCUT2D eigenvalue weighted by Crippen LogP contribution is 2.30. The molecule has 0 fully saturated rings. The van der Waals surface area contributed by atoms with Gasteiger partial charge in [-0.15, -0.1) is 0 Å². The van der Waals surface area contributed by atoms with Crippen molar-refractivity contribution in [1.82, 2.24) is 5.32 Å². The quantitative estimate of drug-likeness (QED) is 0.930. The molecule has 0 aliphatic rings. The van der Waals surface area contributed by atoms with Crippen LogP contribution in [-0.4, -0.2) is 7.05 Å². The van der Waals surface area contributed by atoms with E-state index in [1.807, 2.05) is 6.07 Å². The van der Waals surface area contributed by atoms with E-state index in [0.29, 0.717) is 12.3 Å². The molecule has 0 bridgehead atoms. The molecule has 102 valence electrons. The van der Waals surface area contributed by atoms with E-state index in [0.717, 1.165) is 17.7 Å². The van der Waals surface area contributed by atoms with Crippen LogP contribution < -0.4 is 10.1 Å². The first-order chi connectivity index (χ1) is 9.65. The van der Waals surface area contributed by atoms with E-state index in [2.05, 4.69) is 5.32 Å². The molecular formula is C15H12F2N2O. The fourth-order valence-electron chi connectivity index (χ4n) is 1.77. The minimum atomic E-state index is -0.902. The second kappa shape index (κ2) is 6.13. The van der Waals surface area contributed by atoms with Crippen LogP contribution in [0.1, 0.15) is 11.1 Å². The number of hydrogen-bond acceptors (Lipinski definition) is 3. The molecule has 0 aromatic heterocycles. The standard InChI is InChI=1S/C15H12F2N2O/c1-19-9-11-4-2-3-5-14(11)20-15-12(16)6-10(8-18)7-13(15)17/h2-7,19H,9H2,1H3. The zero-order valence-electron chi connectivity index (χ0n) is 10.8. The fourth-order valence-corrected chi connectivity index (χ4v) is 1.77. The first kappa shape index (κ1) is 14.0. The molecule has 0 spiro atoms. The van der Waals surface area contributed by atoms with Gasteiger partial charge in [0.1, 0.15) is 5.75 Å². The molecule has 0 saturated heterocycles. The third kappa shape index (κ3) is 2.92. The number of nitrogens with zero attached hydrogens (tertiary/aromatic N) is 1. The Hall–Kier alpha value is -2.45. The van der Waals surface area contributed by atoms with Crippen LogP contribution in [0.15, 0.2) is 36.4 Å². The predicted molar refractivity (Wildman–Crippen MR) is 70.4 cm³/mol. The van der Waals surface area contributed by atoms with Crippen LogP contribution in [0.5, 0.6) is 11.5 Å². The first-order valence-electron chi connectivity index (χ1n) is 5.95. The molecule has 2 rings (SSSR count). The van der Waals surface area contributed by atoms with Crippen molar-refractivity contribution < 1.29 is 13.5 Å². The number of rotatable bonds is 4. The highest BCUT2D eigenvalue weighted by Gasteiger charge is 2.15. The third-order valence-corrected chi connectivity index (χ3v) is 2.68. The Kier molecular flexibility index (Phi) is 4.28. The maximum atomic E-state index is 13.8. The summed E-state index contributed by atoms with van der Waals surface area (Å²) in [6.07, 6.45) is 0. The monoisotopic (exact) mass is 274 g/mol. The summed E-state index contributed by atoms with van der Waals surface area (Å²) < 4.78 is 32.9. The highest BCUT2D eigenvalue weighted by molar-refractivity contribution is 5.42. The van der Waals surface area contributed by atoms with Crippen molar-refractivity contribution in [3.63, 3.8) is 0 Å². The molecule has 2 aromatic carbocycles. The second-order valence-corrected chi connectivity index (χ2v) is 4.12. The van der Waals surface area contributed by atoms with Crippen LogP contribution in [0.2, 0.25) is 0 Å². The summed E-state index contributed by atoms with van der Waals surface area (Å²) in [6, 6.07) is 10.5. The van der Waals surface area contributed by atoms with Crippen molar-refractivity contribution in [3.05, 3.63) is 59.2 Å². The lowest BCUT2D eigenvalue weighted by atomic mass is 10.2. The van der Waals surface area contributed by atoms with Crippen LogP contribution in [0.4, 0.5) is 8.78 Å². The molecule has 2 aromatic rings. The summed E-state index contributed by atoms with van der Waals surface area (Å²) in [5.74, 6) is -1.95. The topological polar surface area (TPSA) is 45.0 Å². The van der Waals surface area contributed by atoms with Gasteiger partial charge in [0.25, 0.3) is 0 Å². The fraction of sp³-hybridized carbons (Fsp3) is 0.133. The summed E-state index contributed by atoms with van der Waals surface area (Å²) in [6.45, 7) is 0.510. The first-order valence-corrected chi connectivity index (χ1v) is 5.95. The zero-order valence-corrected chi connectivity index (χ0v) is 10.8. The number of nitriles is 1. The maximum absolute atomic E-state index is 13.8. The molecule has 3 nitrogen and oxygen atoms in total. The molecular weight excluding hydrogens is 262 g/mol. The average molecular weight is 274 g/mol. The van der Waals surface area contributed by atoms with E-state index >= 15 is 0 Å². The third-order valence-electron chi connectivity index (χ3n) is 2.68. The Morgan fingerprint density at radius 2 is 1.85 bits per heavy atom. The molecule has 0 atom stereocenters. The van der Waals surface area contributed by atoms with Gasteiger partial charge in [-0.3, -0.25) is 0 Å². The van der Waals surface area contributed by atoms with Gasteiger partial charge in [-0.25, -0.2) is 8.78 Å². The molecule has 1 N–H and O–H groups in total. The molecule has 0 aliphatic carbocycles. The molecule has 0 heterocycles. The highest BCUT2D eigenvalue weighted by atomic mass is 19.1. The lowest BCUT2D eigenvalue weighted by Gasteiger charge is -2.12. The smallest absolute Gasteiger partial charge is 0.198 e. The van der Waals surface area contributed by atoms with Gasteiger partial charge in [0.2, 0.25) is 0 Å². The van der Waals surface area contributed by atoms with Crippen molar-refractivity contribution in [2.75, 3.05) is 7.05 Å². The Morgan fingerprint density at radius 3 is 2.45 bits per heavy atom. The summed E-state index contributed by atoms with van der Waals surface area (Å²) in [7, 11) is 1.76. The average Bonchev–Trinajstić information content (AvgIpc) is 2.44.